The summed E-state index contributed by atoms with van der Waals surface area (Å²) in [5, 5.41) is 3.22. The molecule has 0 spiro atoms. The van der Waals surface area contributed by atoms with Crippen LogP contribution < -0.4 is 15.8 Å². The van der Waals surface area contributed by atoms with Crippen molar-refractivity contribution in [2.75, 3.05) is 38.0 Å². The van der Waals surface area contributed by atoms with E-state index in [0.717, 1.165) is 4.70 Å². The molecule has 3 N–H and O–H groups in total. The summed E-state index contributed by atoms with van der Waals surface area (Å²) in [4.78, 5) is 16.4. The Morgan fingerprint density at radius 3 is 3.10 bits per heavy atom. The third-order valence-corrected chi connectivity index (χ3v) is 3.96. The number of hydrogen-bond acceptors (Lipinski definition) is 7. The van der Waals surface area contributed by atoms with Gasteiger partial charge in [0, 0.05) is 11.8 Å². The number of thiazole rings is 1. The number of hydrogen-bond donors (Lipinski definition) is 2. The van der Waals surface area contributed by atoms with Gasteiger partial charge in [0.15, 0.2) is 11.2 Å². The molecule has 2 heterocycles. The summed E-state index contributed by atoms with van der Waals surface area (Å²) in [6.45, 7) is 1.19. The first-order valence-corrected chi connectivity index (χ1v) is 7.23. The van der Waals surface area contributed by atoms with E-state index >= 15 is 0 Å². The van der Waals surface area contributed by atoms with Gasteiger partial charge in [0.1, 0.15) is 11.3 Å². The quantitative estimate of drug-likeness (QED) is 0.828. The molecule has 7 nitrogen and oxygen atoms in total. The number of rotatable bonds is 3. The van der Waals surface area contributed by atoms with E-state index in [4.69, 9.17) is 19.9 Å². The Bertz CT molecular complexity index is 667. The fourth-order valence-corrected chi connectivity index (χ4v) is 2.99. The fraction of sp³-hybridized carbons (Fsp3) is 0.385. The van der Waals surface area contributed by atoms with Crippen LogP contribution >= 0.6 is 11.3 Å². The summed E-state index contributed by atoms with van der Waals surface area (Å²) >= 11 is 1.33. The van der Waals surface area contributed by atoms with E-state index in [1.165, 1.54) is 11.3 Å². The molecule has 0 bridgehead atoms. The lowest BCUT2D eigenvalue weighted by Gasteiger charge is -2.21. The molecule has 1 atom stereocenters. The fourth-order valence-electron chi connectivity index (χ4n) is 2.05. The zero-order valence-electron chi connectivity index (χ0n) is 11.4. The lowest BCUT2D eigenvalue weighted by molar-refractivity contribution is -0.142. The van der Waals surface area contributed by atoms with Gasteiger partial charge in [-0.25, -0.2) is 4.98 Å². The zero-order valence-corrected chi connectivity index (χ0v) is 12.2. The SMILES string of the molecule is COc1cc(N)cc2sc(NC(=O)C3COCCO3)nc12. The molecule has 1 aliphatic heterocycles. The molecule has 1 amide bonds. The summed E-state index contributed by atoms with van der Waals surface area (Å²) in [7, 11) is 1.55. The van der Waals surface area contributed by atoms with Crippen LogP contribution in [0.3, 0.4) is 0 Å². The van der Waals surface area contributed by atoms with Crippen molar-refractivity contribution >= 4 is 38.3 Å². The minimum absolute atomic E-state index is 0.257. The minimum Gasteiger partial charge on any atom is -0.494 e. The zero-order chi connectivity index (χ0) is 14.8. The molecule has 1 saturated heterocycles. The van der Waals surface area contributed by atoms with E-state index in [1.54, 1.807) is 19.2 Å². The Balaban J connectivity index is 1.82. The van der Waals surface area contributed by atoms with Gasteiger partial charge in [0.05, 0.1) is 31.6 Å². The molecule has 112 valence electrons. The van der Waals surface area contributed by atoms with E-state index in [0.29, 0.717) is 35.3 Å². The number of nitrogens with zero attached hydrogens (tertiary/aromatic N) is 1. The number of ether oxygens (including phenoxy) is 3. The lowest BCUT2D eigenvalue weighted by Crippen LogP contribution is -2.39. The van der Waals surface area contributed by atoms with E-state index in [-0.39, 0.29) is 12.5 Å². The summed E-state index contributed by atoms with van der Waals surface area (Å²) in [5.74, 6) is 0.319. The molecule has 1 aromatic carbocycles. The Morgan fingerprint density at radius 1 is 1.52 bits per heavy atom. The molecule has 0 aliphatic carbocycles. The van der Waals surface area contributed by atoms with Crippen LogP contribution in [0.25, 0.3) is 10.2 Å². The van der Waals surface area contributed by atoms with Gasteiger partial charge in [-0.3, -0.25) is 10.1 Å². The first-order valence-electron chi connectivity index (χ1n) is 6.41. The Morgan fingerprint density at radius 2 is 2.38 bits per heavy atom. The van der Waals surface area contributed by atoms with Crippen LogP contribution in [0.2, 0.25) is 0 Å². The van der Waals surface area contributed by atoms with Crippen molar-refractivity contribution in [2.45, 2.75) is 6.10 Å². The Labute approximate surface area is 125 Å². The van der Waals surface area contributed by atoms with Crippen LogP contribution in [-0.4, -0.2) is 43.9 Å². The maximum Gasteiger partial charge on any atom is 0.257 e. The molecule has 1 aliphatic rings. The number of benzene rings is 1. The largest absolute Gasteiger partial charge is 0.494 e. The number of carbonyl (C=O) groups is 1. The molecule has 0 saturated carbocycles. The molecular weight excluding hydrogens is 294 g/mol. The summed E-state index contributed by atoms with van der Waals surface area (Å²) < 4.78 is 16.7. The van der Waals surface area contributed by atoms with Crippen LogP contribution in [0.4, 0.5) is 10.8 Å². The highest BCUT2D eigenvalue weighted by molar-refractivity contribution is 7.22. The highest BCUT2D eigenvalue weighted by Crippen LogP contribution is 2.34. The predicted molar refractivity (Wildman–Crippen MR) is 79.8 cm³/mol. The average Bonchev–Trinajstić information content (AvgIpc) is 2.89. The molecule has 1 fully saturated rings. The molecule has 0 radical (unpaired) electrons. The number of anilines is 2. The molecular formula is C13H15N3O4S. The first-order chi connectivity index (χ1) is 10.2. The maximum absolute atomic E-state index is 12.1. The van der Waals surface area contributed by atoms with Gasteiger partial charge in [0.2, 0.25) is 0 Å². The summed E-state index contributed by atoms with van der Waals surface area (Å²) in [6.07, 6.45) is -0.599. The molecule has 8 heteroatoms. The third-order valence-electron chi connectivity index (χ3n) is 3.04. The van der Waals surface area contributed by atoms with E-state index < -0.39 is 6.10 Å². The maximum atomic E-state index is 12.1. The monoisotopic (exact) mass is 309 g/mol. The number of fused-ring (bicyclic) bond motifs is 1. The van der Waals surface area contributed by atoms with Crippen molar-refractivity contribution in [2.24, 2.45) is 0 Å². The van der Waals surface area contributed by atoms with Gasteiger partial charge >= 0.3 is 0 Å². The van der Waals surface area contributed by atoms with Crippen molar-refractivity contribution in [1.29, 1.82) is 0 Å². The second-order valence-corrected chi connectivity index (χ2v) is 5.54. The standard InChI is InChI=1S/C13H15N3O4S/c1-18-8-4-7(14)5-10-11(8)15-13(21-10)16-12(17)9-6-19-2-3-20-9/h4-5,9H,2-3,6,14H2,1H3,(H,15,16,17). The number of carbonyl (C=O) groups excluding carboxylic acids is 1. The van der Waals surface area contributed by atoms with Crippen LogP contribution in [-0.2, 0) is 14.3 Å². The third kappa shape index (κ3) is 2.92. The number of amides is 1. The molecule has 1 unspecified atom stereocenters. The number of nitrogens with two attached hydrogens (primary N) is 1. The van der Waals surface area contributed by atoms with Gasteiger partial charge in [0.25, 0.3) is 5.91 Å². The highest BCUT2D eigenvalue weighted by Gasteiger charge is 2.23. The second-order valence-electron chi connectivity index (χ2n) is 4.51. The number of methoxy groups -OCH3 is 1. The summed E-state index contributed by atoms with van der Waals surface area (Å²) in [5.41, 5.74) is 7.06. The van der Waals surface area contributed by atoms with E-state index in [1.807, 2.05) is 0 Å². The van der Waals surface area contributed by atoms with Crippen molar-refractivity contribution in [3.63, 3.8) is 0 Å². The summed E-state index contributed by atoms with van der Waals surface area (Å²) in [6, 6.07) is 3.50. The second kappa shape index (κ2) is 5.84. The van der Waals surface area contributed by atoms with Gasteiger partial charge in [-0.05, 0) is 6.07 Å². The Hall–Kier alpha value is -1.90. The highest BCUT2D eigenvalue weighted by atomic mass is 32.1. The van der Waals surface area contributed by atoms with Gasteiger partial charge in [-0.2, -0.15) is 0 Å². The van der Waals surface area contributed by atoms with Crippen molar-refractivity contribution in [1.82, 2.24) is 4.98 Å². The van der Waals surface area contributed by atoms with E-state index in [2.05, 4.69) is 10.3 Å². The first kappa shape index (κ1) is 14.1. The average molecular weight is 309 g/mol. The van der Waals surface area contributed by atoms with Crippen LogP contribution in [0.5, 0.6) is 5.75 Å². The van der Waals surface area contributed by atoms with Crippen LogP contribution in [0, 0.1) is 0 Å². The normalized spacial score (nSPS) is 18.6. The number of nitrogens with one attached hydrogen (secondary N) is 1. The number of nitrogen functional groups attached to an aromatic ring is 1. The van der Waals surface area contributed by atoms with Gasteiger partial charge in [-0.1, -0.05) is 11.3 Å². The molecule has 3 rings (SSSR count). The molecule has 21 heavy (non-hydrogen) atoms. The van der Waals surface area contributed by atoms with Crippen molar-refractivity contribution in [3.05, 3.63) is 12.1 Å². The van der Waals surface area contributed by atoms with Crippen LogP contribution in [0.1, 0.15) is 0 Å². The van der Waals surface area contributed by atoms with Gasteiger partial charge < -0.3 is 19.9 Å². The van der Waals surface area contributed by atoms with E-state index in [9.17, 15) is 4.79 Å². The smallest absolute Gasteiger partial charge is 0.257 e. The Kier molecular flexibility index (Phi) is 3.91. The van der Waals surface area contributed by atoms with Crippen LogP contribution in [0.15, 0.2) is 12.1 Å². The minimum atomic E-state index is -0.599. The molecule has 2 aromatic rings. The topological polar surface area (TPSA) is 95.7 Å². The van der Waals surface area contributed by atoms with Crippen molar-refractivity contribution in [3.8, 4) is 5.75 Å². The number of aromatic nitrogens is 1. The van der Waals surface area contributed by atoms with Crippen molar-refractivity contribution < 1.29 is 19.0 Å². The van der Waals surface area contributed by atoms with Gasteiger partial charge in [-0.15, -0.1) is 0 Å². The lowest BCUT2D eigenvalue weighted by atomic mass is 10.3. The predicted octanol–water partition coefficient (Wildman–Crippen LogP) is 1.24. The molecule has 1 aromatic heterocycles.